The van der Waals surface area contributed by atoms with Crippen LogP contribution in [0.1, 0.15) is 5.56 Å². The quantitative estimate of drug-likeness (QED) is 0.737. The van der Waals surface area contributed by atoms with E-state index in [-0.39, 0.29) is 11.9 Å². The van der Waals surface area contributed by atoms with Gasteiger partial charge in [0.2, 0.25) is 5.91 Å². The summed E-state index contributed by atoms with van der Waals surface area (Å²) in [5.41, 5.74) is 2.94. The molecule has 0 aliphatic carbocycles. The molecule has 3 heterocycles. The zero-order valence-corrected chi connectivity index (χ0v) is 16.0. The molecule has 0 saturated carbocycles. The van der Waals surface area contributed by atoms with E-state index < -0.39 is 0 Å². The SMILES string of the molecule is CN(Cc1cn(-c2ccccc2)nc1-c1cccs1)C(=O)C1COCCN1. The highest BCUT2D eigenvalue weighted by molar-refractivity contribution is 7.13. The van der Waals surface area contributed by atoms with E-state index in [2.05, 4.69) is 11.4 Å². The number of hydrogen-bond acceptors (Lipinski definition) is 5. The Labute approximate surface area is 162 Å². The zero-order valence-electron chi connectivity index (χ0n) is 15.2. The number of thiophene rings is 1. The first-order valence-electron chi connectivity index (χ1n) is 8.96. The predicted octanol–water partition coefficient (Wildman–Crippen LogP) is 2.55. The van der Waals surface area contributed by atoms with Crippen molar-refractivity contribution in [3.63, 3.8) is 0 Å². The molecule has 140 valence electrons. The second kappa shape index (κ2) is 8.04. The molecule has 1 N–H and O–H groups in total. The van der Waals surface area contributed by atoms with Crippen molar-refractivity contribution in [1.82, 2.24) is 20.0 Å². The highest BCUT2D eigenvalue weighted by Gasteiger charge is 2.25. The predicted molar refractivity (Wildman–Crippen MR) is 106 cm³/mol. The molecule has 27 heavy (non-hydrogen) atoms. The molecule has 1 unspecified atom stereocenters. The summed E-state index contributed by atoms with van der Waals surface area (Å²) in [4.78, 5) is 15.6. The van der Waals surface area contributed by atoms with Gasteiger partial charge in [0.05, 0.1) is 23.8 Å². The smallest absolute Gasteiger partial charge is 0.242 e. The van der Waals surface area contributed by atoms with Gasteiger partial charge >= 0.3 is 0 Å². The third-order valence-corrected chi connectivity index (χ3v) is 5.45. The standard InChI is InChI=1S/C20H22N4O2S/c1-23(20(25)17-14-26-10-9-21-17)12-15-13-24(16-6-3-2-4-7-16)22-19(15)18-8-5-11-27-18/h2-8,11,13,17,21H,9-10,12,14H2,1H3. The Morgan fingerprint density at radius 2 is 2.19 bits per heavy atom. The van der Waals surface area contributed by atoms with Crippen LogP contribution in [0.5, 0.6) is 0 Å². The van der Waals surface area contributed by atoms with Crippen LogP contribution in [-0.4, -0.2) is 53.4 Å². The van der Waals surface area contributed by atoms with Crippen LogP contribution >= 0.6 is 11.3 Å². The Balaban J connectivity index is 1.60. The molecule has 0 radical (unpaired) electrons. The molecule has 1 fully saturated rings. The van der Waals surface area contributed by atoms with Crippen LogP contribution in [0.4, 0.5) is 0 Å². The first-order valence-corrected chi connectivity index (χ1v) is 9.84. The monoisotopic (exact) mass is 382 g/mol. The largest absolute Gasteiger partial charge is 0.378 e. The van der Waals surface area contributed by atoms with Crippen molar-refractivity contribution in [3.8, 4) is 16.3 Å². The number of ether oxygens (including phenoxy) is 1. The maximum absolute atomic E-state index is 12.7. The lowest BCUT2D eigenvalue weighted by atomic mass is 10.2. The molecule has 1 aromatic carbocycles. The van der Waals surface area contributed by atoms with Gasteiger partial charge in [-0.25, -0.2) is 4.68 Å². The highest BCUT2D eigenvalue weighted by atomic mass is 32.1. The molecule has 1 aliphatic heterocycles. The first-order chi connectivity index (χ1) is 13.2. The van der Waals surface area contributed by atoms with Crippen molar-refractivity contribution < 1.29 is 9.53 Å². The van der Waals surface area contributed by atoms with Gasteiger partial charge in [0.15, 0.2) is 0 Å². The molecular weight excluding hydrogens is 360 g/mol. The Hall–Kier alpha value is -2.48. The van der Waals surface area contributed by atoms with Crippen molar-refractivity contribution in [3.05, 3.63) is 59.6 Å². The van der Waals surface area contributed by atoms with E-state index in [1.165, 1.54) is 0 Å². The first kappa shape index (κ1) is 17.9. The van der Waals surface area contributed by atoms with Gasteiger partial charge in [-0.2, -0.15) is 5.10 Å². The summed E-state index contributed by atoms with van der Waals surface area (Å²) in [6, 6.07) is 13.8. The van der Waals surface area contributed by atoms with Crippen molar-refractivity contribution in [2.75, 3.05) is 26.8 Å². The number of carbonyl (C=O) groups is 1. The van der Waals surface area contributed by atoms with Crippen molar-refractivity contribution in [2.24, 2.45) is 0 Å². The number of benzene rings is 1. The number of nitrogens with one attached hydrogen (secondary N) is 1. The minimum atomic E-state index is -0.280. The van der Waals surface area contributed by atoms with E-state index in [4.69, 9.17) is 9.84 Å². The Morgan fingerprint density at radius 3 is 2.89 bits per heavy atom. The van der Waals surface area contributed by atoms with Crippen LogP contribution in [0.15, 0.2) is 54.0 Å². The number of amides is 1. The normalized spacial score (nSPS) is 17.0. The van der Waals surface area contributed by atoms with Gasteiger partial charge in [0, 0.05) is 31.9 Å². The zero-order chi connectivity index (χ0) is 18.6. The Kier molecular flexibility index (Phi) is 5.33. The fourth-order valence-electron chi connectivity index (χ4n) is 3.18. The maximum Gasteiger partial charge on any atom is 0.242 e. The molecule has 1 saturated heterocycles. The van der Waals surface area contributed by atoms with Crippen LogP contribution in [0.2, 0.25) is 0 Å². The van der Waals surface area contributed by atoms with Gasteiger partial charge in [-0.05, 0) is 23.6 Å². The third kappa shape index (κ3) is 3.95. The summed E-state index contributed by atoms with van der Waals surface area (Å²) in [6.07, 6.45) is 2.01. The van der Waals surface area contributed by atoms with E-state index in [9.17, 15) is 4.79 Å². The number of aromatic nitrogens is 2. The van der Waals surface area contributed by atoms with E-state index in [1.54, 1.807) is 16.2 Å². The third-order valence-electron chi connectivity index (χ3n) is 4.57. The Morgan fingerprint density at radius 1 is 1.33 bits per heavy atom. The average molecular weight is 382 g/mol. The Bertz CT molecular complexity index is 886. The summed E-state index contributed by atoms with van der Waals surface area (Å²) in [5.74, 6) is 0.0410. The second-order valence-electron chi connectivity index (χ2n) is 6.54. The molecule has 1 aliphatic rings. The topological polar surface area (TPSA) is 59.4 Å². The maximum atomic E-state index is 12.7. The lowest BCUT2D eigenvalue weighted by molar-refractivity contribution is -0.135. The van der Waals surface area contributed by atoms with Crippen molar-refractivity contribution in [1.29, 1.82) is 0 Å². The highest BCUT2D eigenvalue weighted by Crippen LogP contribution is 2.28. The van der Waals surface area contributed by atoms with Crippen LogP contribution in [0, 0.1) is 0 Å². The van der Waals surface area contributed by atoms with E-state index in [0.29, 0.717) is 26.3 Å². The minimum Gasteiger partial charge on any atom is -0.378 e. The van der Waals surface area contributed by atoms with Crippen LogP contribution in [0.3, 0.4) is 0 Å². The summed E-state index contributed by atoms with van der Waals surface area (Å²) < 4.78 is 7.30. The summed E-state index contributed by atoms with van der Waals surface area (Å²) >= 11 is 1.65. The lowest BCUT2D eigenvalue weighted by Crippen LogP contribution is -2.51. The van der Waals surface area contributed by atoms with Gasteiger partial charge in [0.1, 0.15) is 11.7 Å². The number of carbonyl (C=O) groups excluding carboxylic acids is 1. The second-order valence-corrected chi connectivity index (χ2v) is 7.48. The van der Waals surface area contributed by atoms with E-state index in [0.717, 1.165) is 21.8 Å². The number of morpholine rings is 1. The lowest BCUT2D eigenvalue weighted by Gasteiger charge is -2.27. The fraction of sp³-hybridized carbons (Fsp3) is 0.300. The van der Waals surface area contributed by atoms with Gasteiger partial charge in [-0.3, -0.25) is 4.79 Å². The fourth-order valence-corrected chi connectivity index (χ4v) is 3.93. The van der Waals surface area contributed by atoms with Crippen molar-refractivity contribution in [2.45, 2.75) is 12.6 Å². The van der Waals surface area contributed by atoms with Gasteiger partial charge in [-0.15, -0.1) is 11.3 Å². The molecular formula is C20H22N4O2S. The van der Waals surface area contributed by atoms with Gasteiger partial charge in [-0.1, -0.05) is 24.3 Å². The minimum absolute atomic E-state index is 0.0410. The number of hydrogen-bond donors (Lipinski definition) is 1. The number of rotatable bonds is 5. The van der Waals surface area contributed by atoms with Crippen LogP contribution in [-0.2, 0) is 16.1 Å². The number of likely N-dealkylation sites (N-methyl/N-ethyl adjacent to an activating group) is 1. The molecule has 4 rings (SSSR count). The molecule has 1 amide bonds. The van der Waals surface area contributed by atoms with Gasteiger partial charge < -0.3 is 15.0 Å². The van der Waals surface area contributed by atoms with E-state index in [1.807, 2.05) is 59.7 Å². The van der Waals surface area contributed by atoms with Gasteiger partial charge in [0.25, 0.3) is 0 Å². The molecule has 1 atom stereocenters. The molecule has 2 aromatic heterocycles. The number of nitrogens with zero attached hydrogens (tertiary/aromatic N) is 3. The summed E-state index contributed by atoms with van der Waals surface area (Å²) in [6.45, 7) is 2.28. The van der Waals surface area contributed by atoms with E-state index >= 15 is 0 Å². The molecule has 3 aromatic rings. The molecule has 7 heteroatoms. The number of para-hydroxylation sites is 1. The van der Waals surface area contributed by atoms with Crippen molar-refractivity contribution >= 4 is 17.2 Å². The molecule has 0 bridgehead atoms. The molecule has 0 spiro atoms. The van der Waals surface area contributed by atoms with Crippen LogP contribution < -0.4 is 5.32 Å². The average Bonchev–Trinajstić information content (AvgIpc) is 3.38. The summed E-state index contributed by atoms with van der Waals surface area (Å²) in [7, 11) is 1.83. The molecule has 6 nitrogen and oxygen atoms in total. The van der Waals surface area contributed by atoms with Crippen LogP contribution in [0.25, 0.3) is 16.3 Å². The summed E-state index contributed by atoms with van der Waals surface area (Å²) in [5, 5.41) is 10.1.